The van der Waals surface area contributed by atoms with Gasteiger partial charge in [-0.05, 0) is 31.5 Å². The molecule has 0 aliphatic heterocycles. The van der Waals surface area contributed by atoms with Gasteiger partial charge in [-0.1, -0.05) is 12.1 Å². The molecule has 0 amide bonds. The Morgan fingerprint density at radius 1 is 1.12 bits per heavy atom. The van der Waals surface area contributed by atoms with E-state index in [-0.39, 0.29) is 0 Å². The summed E-state index contributed by atoms with van der Waals surface area (Å²) in [6.07, 6.45) is 1.84. The van der Waals surface area contributed by atoms with Crippen molar-refractivity contribution in [1.82, 2.24) is 20.2 Å². The van der Waals surface area contributed by atoms with Gasteiger partial charge >= 0.3 is 0 Å². The highest BCUT2D eigenvalue weighted by molar-refractivity contribution is 5.79. The van der Waals surface area contributed by atoms with Crippen molar-refractivity contribution in [3.63, 3.8) is 0 Å². The van der Waals surface area contributed by atoms with Gasteiger partial charge in [0, 0.05) is 11.6 Å². The summed E-state index contributed by atoms with van der Waals surface area (Å²) < 4.78 is 0. The number of fused-ring (bicyclic) bond motifs is 1. The lowest BCUT2D eigenvalue weighted by Crippen LogP contribution is -1.90. The van der Waals surface area contributed by atoms with Crippen molar-refractivity contribution in [2.75, 3.05) is 0 Å². The molecule has 0 aliphatic carbocycles. The fourth-order valence-corrected chi connectivity index (χ4v) is 1.80. The highest BCUT2D eigenvalue weighted by Crippen LogP contribution is 2.18. The summed E-state index contributed by atoms with van der Waals surface area (Å²) in [7, 11) is 0. The van der Waals surface area contributed by atoms with Gasteiger partial charge < -0.3 is 0 Å². The molecule has 0 bridgehead atoms. The van der Waals surface area contributed by atoms with E-state index in [9.17, 15) is 0 Å². The van der Waals surface area contributed by atoms with Gasteiger partial charge in [-0.2, -0.15) is 5.10 Å². The van der Waals surface area contributed by atoms with Gasteiger partial charge in [-0.15, -0.1) is 0 Å². The highest BCUT2D eigenvalue weighted by atomic mass is 15.1. The third kappa shape index (κ3) is 1.78. The van der Waals surface area contributed by atoms with Gasteiger partial charge in [0.1, 0.15) is 5.69 Å². The molecule has 2 aromatic heterocycles. The van der Waals surface area contributed by atoms with Gasteiger partial charge in [0.15, 0.2) is 5.82 Å². The molecule has 0 saturated carbocycles. The van der Waals surface area contributed by atoms with Crippen LogP contribution in [0.2, 0.25) is 0 Å². The summed E-state index contributed by atoms with van der Waals surface area (Å²) in [5.41, 5.74) is 3.95. The average Bonchev–Trinajstić information content (AvgIpc) is 2.75. The third-order valence-corrected chi connectivity index (χ3v) is 2.69. The fourth-order valence-electron chi connectivity index (χ4n) is 1.80. The Morgan fingerprint density at radius 3 is 2.76 bits per heavy atom. The van der Waals surface area contributed by atoms with E-state index in [4.69, 9.17) is 0 Å². The van der Waals surface area contributed by atoms with Crippen LogP contribution in [-0.4, -0.2) is 20.2 Å². The Morgan fingerprint density at radius 2 is 2.00 bits per heavy atom. The van der Waals surface area contributed by atoms with Crippen molar-refractivity contribution in [3.05, 3.63) is 41.7 Å². The maximum atomic E-state index is 4.54. The predicted octanol–water partition coefficient (Wildman–Crippen LogP) is 2.64. The number of aromatic nitrogens is 4. The van der Waals surface area contributed by atoms with Crippen molar-refractivity contribution >= 4 is 10.9 Å². The zero-order valence-corrected chi connectivity index (χ0v) is 9.73. The number of hydrogen-bond donors (Lipinski definition) is 1. The Hall–Kier alpha value is -2.23. The Kier molecular flexibility index (Phi) is 2.14. The molecule has 3 rings (SSSR count). The number of nitrogens with zero attached hydrogens (tertiary/aromatic N) is 3. The number of nitrogens with one attached hydrogen (secondary N) is 1. The topological polar surface area (TPSA) is 54.5 Å². The standard InChI is InChI=1S/C13H12N4/c1-8-3-4-10-7-14-13(15-11(10)5-8)12-6-9(2)16-17-12/h3-7H,1-2H3,(H,16,17). The van der Waals surface area contributed by atoms with Gasteiger partial charge in [-0.25, -0.2) is 9.97 Å². The summed E-state index contributed by atoms with van der Waals surface area (Å²) in [6.45, 7) is 3.99. The molecule has 0 aliphatic rings. The van der Waals surface area contributed by atoms with E-state index in [1.54, 1.807) is 0 Å². The highest BCUT2D eigenvalue weighted by Gasteiger charge is 2.05. The van der Waals surface area contributed by atoms with Crippen LogP contribution < -0.4 is 0 Å². The van der Waals surface area contributed by atoms with E-state index < -0.39 is 0 Å². The first kappa shape index (κ1) is 9.96. The van der Waals surface area contributed by atoms with Crippen molar-refractivity contribution in [2.24, 2.45) is 0 Å². The summed E-state index contributed by atoms with van der Waals surface area (Å²) in [5, 5.41) is 8.06. The molecule has 2 heterocycles. The molecule has 0 atom stereocenters. The minimum absolute atomic E-state index is 0.684. The SMILES string of the molecule is Cc1ccc2cnc(-c3cc(C)n[nH]3)nc2c1. The second-order valence-electron chi connectivity index (χ2n) is 4.18. The van der Waals surface area contributed by atoms with Gasteiger partial charge in [0.25, 0.3) is 0 Å². The van der Waals surface area contributed by atoms with E-state index in [1.165, 1.54) is 5.56 Å². The van der Waals surface area contributed by atoms with Crippen LogP contribution in [0, 0.1) is 13.8 Å². The van der Waals surface area contributed by atoms with E-state index in [2.05, 4.69) is 39.2 Å². The van der Waals surface area contributed by atoms with Crippen LogP contribution in [0.25, 0.3) is 22.4 Å². The summed E-state index contributed by atoms with van der Waals surface area (Å²) in [6, 6.07) is 8.10. The lowest BCUT2D eigenvalue weighted by molar-refractivity contribution is 1.04. The van der Waals surface area contributed by atoms with E-state index in [0.29, 0.717) is 5.82 Å². The number of aromatic amines is 1. The van der Waals surface area contributed by atoms with Crippen LogP contribution in [0.4, 0.5) is 0 Å². The van der Waals surface area contributed by atoms with Crippen molar-refractivity contribution in [2.45, 2.75) is 13.8 Å². The van der Waals surface area contributed by atoms with Crippen LogP contribution in [0.3, 0.4) is 0 Å². The summed E-state index contributed by atoms with van der Waals surface area (Å²) in [4.78, 5) is 8.88. The lowest BCUT2D eigenvalue weighted by Gasteiger charge is -2.00. The molecule has 1 N–H and O–H groups in total. The maximum absolute atomic E-state index is 4.54. The lowest BCUT2D eigenvalue weighted by atomic mass is 10.2. The first-order chi connectivity index (χ1) is 8.22. The van der Waals surface area contributed by atoms with Gasteiger partial charge in [0.2, 0.25) is 0 Å². The maximum Gasteiger partial charge on any atom is 0.178 e. The molecule has 0 spiro atoms. The van der Waals surface area contributed by atoms with Crippen LogP contribution in [0.5, 0.6) is 0 Å². The predicted molar refractivity (Wildman–Crippen MR) is 66.6 cm³/mol. The largest absolute Gasteiger partial charge is 0.274 e. The number of benzene rings is 1. The Bertz CT molecular complexity index is 685. The second kappa shape index (κ2) is 3.66. The molecule has 1 aromatic carbocycles. The molecule has 4 heteroatoms. The van der Waals surface area contributed by atoms with Gasteiger partial charge in [0.05, 0.1) is 11.2 Å². The van der Waals surface area contributed by atoms with Crippen molar-refractivity contribution < 1.29 is 0 Å². The van der Waals surface area contributed by atoms with Crippen LogP contribution >= 0.6 is 0 Å². The van der Waals surface area contributed by atoms with E-state index in [0.717, 1.165) is 22.3 Å². The molecule has 0 radical (unpaired) electrons. The number of aryl methyl sites for hydroxylation is 2. The molecule has 0 saturated heterocycles. The summed E-state index contributed by atoms with van der Waals surface area (Å²) >= 11 is 0. The minimum Gasteiger partial charge on any atom is -0.274 e. The smallest absolute Gasteiger partial charge is 0.178 e. The zero-order chi connectivity index (χ0) is 11.8. The summed E-state index contributed by atoms with van der Waals surface area (Å²) in [5.74, 6) is 0.684. The molecule has 4 nitrogen and oxygen atoms in total. The van der Waals surface area contributed by atoms with E-state index in [1.807, 2.05) is 25.3 Å². The molecule has 84 valence electrons. The first-order valence-electron chi connectivity index (χ1n) is 5.48. The monoisotopic (exact) mass is 224 g/mol. The Balaban J connectivity index is 2.18. The Labute approximate surface area is 98.7 Å². The molecular formula is C13H12N4. The molecule has 0 fully saturated rings. The normalized spacial score (nSPS) is 10.9. The van der Waals surface area contributed by atoms with Crippen LogP contribution in [0.15, 0.2) is 30.5 Å². The number of hydrogen-bond acceptors (Lipinski definition) is 3. The fraction of sp³-hybridized carbons (Fsp3) is 0.154. The number of rotatable bonds is 1. The second-order valence-corrected chi connectivity index (χ2v) is 4.18. The van der Waals surface area contributed by atoms with Crippen molar-refractivity contribution in [3.8, 4) is 11.5 Å². The van der Waals surface area contributed by atoms with Crippen LogP contribution in [0.1, 0.15) is 11.3 Å². The molecule has 3 aromatic rings. The number of H-pyrrole nitrogens is 1. The molecular weight excluding hydrogens is 212 g/mol. The van der Waals surface area contributed by atoms with Crippen molar-refractivity contribution in [1.29, 1.82) is 0 Å². The van der Waals surface area contributed by atoms with Gasteiger partial charge in [-0.3, -0.25) is 5.10 Å². The average molecular weight is 224 g/mol. The first-order valence-corrected chi connectivity index (χ1v) is 5.48. The quantitative estimate of drug-likeness (QED) is 0.691. The zero-order valence-electron chi connectivity index (χ0n) is 9.73. The molecule has 0 unspecified atom stereocenters. The van der Waals surface area contributed by atoms with Crippen LogP contribution in [-0.2, 0) is 0 Å². The molecule has 17 heavy (non-hydrogen) atoms. The third-order valence-electron chi connectivity index (χ3n) is 2.69. The van der Waals surface area contributed by atoms with E-state index >= 15 is 0 Å². The minimum atomic E-state index is 0.684.